The van der Waals surface area contributed by atoms with Gasteiger partial charge in [-0.1, -0.05) is 24.3 Å². The molecule has 1 heterocycles. The molecule has 130 valence electrons. The predicted molar refractivity (Wildman–Crippen MR) is 93.7 cm³/mol. The monoisotopic (exact) mass is 340 g/mol. The molecule has 0 aromatic heterocycles. The second kappa shape index (κ2) is 7.70. The van der Waals surface area contributed by atoms with Gasteiger partial charge in [0.15, 0.2) is 6.61 Å². The third-order valence-corrected chi connectivity index (χ3v) is 3.99. The van der Waals surface area contributed by atoms with Crippen LogP contribution in [0.15, 0.2) is 42.5 Å². The number of carbonyl (C=O) groups is 2. The highest BCUT2D eigenvalue weighted by atomic mass is 16.5. The number of fused-ring (bicyclic) bond motifs is 1. The minimum atomic E-state index is -0.167. The number of amides is 2. The predicted octanol–water partition coefficient (Wildman–Crippen LogP) is 2.28. The molecule has 0 radical (unpaired) electrons. The quantitative estimate of drug-likeness (QED) is 0.846. The van der Waals surface area contributed by atoms with E-state index in [2.05, 4.69) is 10.6 Å². The molecule has 6 heteroatoms. The molecule has 0 atom stereocenters. The molecular formula is C19H20N2O4. The van der Waals surface area contributed by atoms with E-state index in [4.69, 9.17) is 9.47 Å². The second-order valence-electron chi connectivity index (χ2n) is 5.76. The van der Waals surface area contributed by atoms with Crippen molar-refractivity contribution < 1.29 is 19.1 Å². The van der Waals surface area contributed by atoms with E-state index in [-0.39, 0.29) is 18.4 Å². The molecule has 1 aliphatic rings. The van der Waals surface area contributed by atoms with Crippen LogP contribution >= 0.6 is 0 Å². The Morgan fingerprint density at radius 1 is 1.28 bits per heavy atom. The van der Waals surface area contributed by atoms with Crippen LogP contribution in [-0.2, 0) is 22.6 Å². The molecule has 0 aliphatic carbocycles. The lowest BCUT2D eigenvalue weighted by atomic mass is 10.1. The highest BCUT2D eigenvalue weighted by molar-refractivity contribution is 5.95. The largest absolute Gasteiger partial charge is 0.496 e. The van der Waals surface area contributed by atoms with E-state index >= 15 is 0 Å². The molecule has 6 nitrogen and oxygen atoms in total. The first-order valence-corrected chi connectivity index (χ1v) is 8.10. The van der Waals surface area contributed by atoms with Crippen molar-refractivity contribution in [3.63, 3.8) is 0 Å². The van der Waals surface area contributed by atoms with Gasteiger partial charge in [0.25, 0.3) is 5.91 Å². The zero-order valence-corrected chi connectivity index (χ0v) is 14.0. The summed E-state index contributed by atoms with van der Waals surface area (Å²) in [7, 11) is 1.61. The average molecular weight is 340 g/mol. The van der Waals surface area contributed by atoms with E-state index in [0.717, 1.165) is 16.9 Å². The first kappa shape index (κ1) is 16.8. The Hall–Kier alpha value is -3.02. The van der Waals surface area contributed by atoms with E-state index in [0.29, 0.717) is 30.8 Å². The van der Waals surface area contributed by atoms with E-state index in [9.17, 15) is 9.59 Å². The first-order chi connectivity index (χ1) is 12.2. The van der Waals surface area contributed by atoms with Gasteiger partial charge in [-0.2, -0.15) is 0 Å². The van der Waals surface area contributed by atoms with Gasteiger partial charge in [0.2, 0.25) is 5.91 Å². The van der Waals surface area contributed by atoms with E-state index in [1.165, 1.54) is 0 Å². The molecular weight excluding hydrogens is 320 g/mol. The number of para-hydroxylation sites is 1. The van der Waals surface area contributed by atoms with Crippen LogP contribution in [0, 0.1) is 0 Å². The van der Waals surface area contributed by atoms with Gasteiger partial charge < -0.3 is 20.1 Å². The number of anilines is 1. The van der Waals surface area contributed by atoms with Crippen molar-refractivity contribution in [2.75, 3.05) is 19.0 Å². The smallest absolute Gasteiger partial charge is 0.262 e. The van der Waals surface area contributed by atoms with Crippen molar-refractivity contribution in [2.24, 2.45) is 0 Å². The van der Waals surface area contributed by atoms with Crippen molar-refractivity contribution in [1.82, 2.24) is 5.32 Å². The SMILES string of the molecule is COc1ccccc1CNC(=O)CCc1ccc2c(c1)NC(=O)CO2. The molecule has 0 unspecified atom stereocenters. The van der Waals surface area contributed by atoms with E-state index in [1.807, 2.05) is 42.5 Å². The summed E-state index contributed by atoms with van der Waals surface area (Å²) in [5.41, 5.74) is 2.56. The average Bonchev–Trinajstić information content (AvgIpc) is 2.64. The molecule has 2 amide bonds. The Morgan fingerprint density at radius 3 is 2.96 bits per heavy atom. The number of aryl methyl sites for hydroxylation is 1. The summed E-state index contributed by atoms with van der Waals surface area (Å²) in [6.45, 7) is 0.467. The van der Waals surface area contributed by atoms with Gasteiger partial charge >= 0.3 is 0 Å². The number of hydrogen-bond donors (Lipinski definition) is 2. The summed E-state index contributed by atoms with van der Waals surface area (Å²) in [5, 5.41) is 5.67. The molecule has 2 aromatic carbocycles. The Labute approximate surface area is 146 Å². The van der Waals surface area contributed by atoms with Crippen molar-refractivity contribution in [3.05, 3.63) is 53.6 Å². The normalized spacial score (nSPS) is 12.6. The van der Waals surface area contributed by atoms with Gasteiger partial charge in [0, 0.05) is 18.5 Å². The number of benzene rings is 2. The fourth-order valence-electron chi connectivity index (χ4n) is 2.67. The second-order valence-corrected chi connectivity index (χ2v) is 5.76. The lowest BCUT2D eigenvalue weighted by Crippen LogP contribution is -2.25. The van der Waals surface area contributed by atoms with Crippen LogP contribution in [0.4, 0.5) is 5.69 Å². The highest BCUT2D eigenvalue weighted by Gasteiger charge is 2.16. The molecule has 0 fully saturated rings. The number of nitrogens with one attached hydrogen (secondary N) is 2. The van der Waals surface area contributed by atoms with Crippen LogP contribution in [0.5, 0.6) is 11.5 Å². The van der Waals surface area contributed by atoms with Gasteiger partial charge in [-0.15, -0.1) is 0 Å². The number of hydrogen-bond acceptors (Lipinski definition) is 4. The van der Waals surface area contributed by atoms with Gasteiger partial charge in [0.05, 0.1) is 12.8 Å². The van der Waals surface area contributed by atoms with Crippen molar-refractivity contribution in [2.45, 2.75) is 19.4 Å². The Morgan fingerprint density at radius 2 is 2.12 bits per heavy atom. The molecule has 0 saturated carbocycles. The van der Waals surface area contributed by atoms with Crippen LogP contribution in [0.3, 0.4) is 0 Å². The maximum atomic E-state index is 12.1. The van der Waals surface area contributed by atoms with Crippen molar-refractivity contribution in [1.29, 1.82) is 0 Å². The zero-order chi connectivity index (χ0) is 17.6. The third-order valence-electron chi connectivity index (χ3n) is 3.99. The first-order valence-electron chi connectivity index (χ1n) is 8.10. The topological polar surface area (TPSA) is 76.7 Å². The summed E-state index contributed by atoms with van der Waals surface area (Å²) >= 11 is 0. The van der Waals surface area contributed by atoms with Gasteiger partial charge in [-0.3, -0.25) is 9.59 Å². The maximum Gasteiger partial charge on any atom is 0.262 e. The summed E-state index contributed by atoms with van der Waals surface area (Å²) in [5.74, 6) is 1.21. The molecule has 0 spiro atoms. The molecule has 1 aliphatic heterocycles. The molecule has 3 rings (SSSR count). The van der Waals surface area contributed by atoms with Crippen LogP contribution < -0.4 is 20.1 Å². The zero-order valence-electron chi connectivity index (χ0n) is 14.0. The Balaban J connectivity index is 1.52. The van der Waals surface area contributed by atoms with Crippen LogP contribution in [0.2, 0.25) is 0 Å². The molecule has 0 bridgehead atoms. The maximum absolute atomic E-state index is 12.1. The number of carbonyl (C=O) groups excluding carboxylic acids is 2. The van der Waals surface area contributed by atoms with Gasteiger partial charge in [-0.05, 0) is 30.2 Å². The Kier molecular flexibility index (Phi) is 5.18. The lowest BCUT2D eigenvalue weighted by Gasteiger charge is -2.18. The number of rotatable bonds is 6. The summed E-state index contributed by atoms with van der Waals surface area (Å²) in [4.78, 5) is 23.4. The Bertz CT molecular complexity index is 789. The van der Waals surface area contributed by atoms with Crippen LogP contribution in [-0.4, -0.2) is 25.5 Å². The van der Waals surface area contributed by atoms with E-state index < -0.39 is 0 Å². The highest BCUT2D eigenvalue weighted by Crippen LogP contribution is 2.28. The molecule has 25 heavy (non-hydrogen) atoms. The minimum absolute atomic E-state index is 0.0380. The molecule has 0 saturated heterocycles. The van der Waals surface area contributed by atoms with Crippen LogP contribution in [0.1, 0.15) is 17.5 Å². The minimum Gasteiger partial charge on any atom is -0.496 e. The van der Waals surface area contributed by atoms with Gasteiger partial charge in [-0.25, -0.2) is 0 Å². The summed E-state index contributed by atoms with van der Waals surface area (Å²) in [6, 6.07) is 13.2. The summed E-state index contributed by atoms with van der Waals surface area (Å²) < 4.78 is 10.6. The number of ether oxygens (including phenoxy) is 2. The fourth-order valence-corrected chi connectivity index (χ4v) is 2.67. The van der Waals surface area contributed by atoms with Gasteiger partial charge in [0.1, 0.15) is 11.5 Å². The van der Waals surface area contributed by atoms with Crippen LogP contribution in [0.25, 0.3) is 0 Å². The third kappa shape index (κ3) is 4.29. The molecule has 2 N–H and O–H groups in total. The van der Waals surface area contributed by atoms with Crippen molar-refractivity contribution >= 4 is 17.5 Å². The fraction of sp³-hybridized carbons (Fsp3) is 0.263. The summed E-state index contributed by atoms with van der Waals surface area (Å²) in [6.07, 6.45) is 0.948. The standard InChI is InChI=1S/C19H20N2O4/c1-24-16-5-3-2-4-14(16)11-20-18(22)9-7-13-6-8-17-15(10-13)21-19(23)12-25-17/h2-6,8,10H,7,9,11-12H2,1H3,(H,20,22)(H,21,23). The number of methoxy groups -OCH3 is 1. The van der Waals surface area contributed by atoms with Crippen molar-refractivity contribution in [3.8, 4) is 11.5 Å². The van der Waals surface area contributed by atoms with E-state index in [1.54, 1.807) is 7.11 Å². The molecule has 2 aromatic rings. The lowest BCUT2D eigenvalue weighted by molar-refractivity contribution is -0.121.